The Hall–Kier alpha value is -3.13. The first-order valence-electron chi connectivity index (χ1n) is 10.6. The normalized spacial score (nSPS) is 18.7. The Morgan fingerprint density at radius 3 is 2.52 bits per heavy atom. The lowest BCUT2D eigenvalue weighted by atomic mass is 9.90. The van der Waals surface area contributed by atoms with E-state index < -0.39 is 17.8 Å². The summed E-state index contributed by atoms with van der Waals surface area (Å²) in [4.78, 5) is 16.3. The van der Waals surface area contributed by atoms with Crippen LogP contribution >= 0.6 is 11.6 Å². The lowest BCUT2D eigenvalue weighted by Crippen LogP contribution is -2.44. The summed E-state index contributed by atoms with van der Waals surface area (Å²) in [6.07, 6.45) is -1.78. The number of alkyl halides is 3. The first-order valence-corrected chi connectivity index (χ1v) is 11.0. The predicted octanol–water partition coefficient (Wildman–Crippen LogP) is 5.81. The summed E-state index contributed by atoms with van der Waals surface area (Å²) < 4.78 is 40.2. The number of benzene rings is 2. The molecule has 3 aromatic rings. The molecule has 3 N–H and O–H groups in total. The fraction of sp³-hybridized carbons (Fsp3) is 0.292. The lowest BCUT2D eigenvalue weighted by molar-refractivity contribution is -0.140. The van der Waals surface area contributed by atoms with Crippen molar-refractivity contribution >= 4 is 39.8 Å². The molecule has 2 aromatic carbocycles. The number of aromatic nitrogens is 1. The Kier molecular flexibility index (Phi) is 6.56. The van der Waals surface area contributed by atoms with E-state index in [1.54, 1.807) is 30.3 Å². The molecule has 1 fully saturated rings. The second-order valence-corrected chi connectivity index (χ2v) is 8.57. The first kappa shape index (κ1) is 23.0. The second kappa shape index (κ2) is 9.39. The minimum Gasteiger partial charge on any atom is -0.382 e. The van der Waals surface area contributed by atoms with Crippen LogP contribution in [-0.4, -0.2) is 28.7 Å². The molecule has 1 aromatic heterocycles. The zero-order chi connectivity index (χ0) is 23.6. The van der Waals surface area contributed by atoms with Gasteiger partial charge in [0.25, 0.3) is 5.91 Å². The standard InChI is InChI=1S/C24H22ClF3N4O/c25-15-9-10-19-18(11-15)20(13-21(32-19)24(26,27)28)30-16-7-4-8-17(12-16)31-23(33)22(29)14-5-2-1-3-6-14/h1-3,5-6,9-11,13,16-17,29H,4,7-8,12H2,(H,30,32)(H,31,33)/t16-,17+/m0/s1. The van der Waals surface area contributed by atoms with Crippen LogP contribution in [0.3, 0.4) is 0 Å². The number of halogens is 4. The van der Waals surface area contributed by atoms with Gasteiger partial charge >= 0.3 is 6.18 Å². The summed E-state index contributed by atoms with van der Waals surface area (Å²) in [5.74, 6) is -0.465. The van der Waals surface area contributed by atoms with Crippen LogP contribution in [0.2, 0.25) is 5.02 Å². The molecule has 0 aliphatic heterocycles. The van der Waals surface area contributed by atoms with Gasteiger partial charge < -0.3 is 10.6 Å². The number of amides is 1. The third-order valence-corrected chi connectivity index (χ3v) is 5.95. The van der Waals surface area contributed by atoms with Gasteiger partial charge in [-0.15, -0.1) is 0 Å². The summed E-state index contributed by atoms with van der Waals surface area (Å²) in [6, 6.07) is 14.0. The first-order chi connectivity index (χ1) is 15.7. The topological polar surface area (TPSA) is 77.9 Å². The van der Waals surface area contributed by atoms with E-state index in [1.165, 1.54) is 12.1 Å². The maximum Gasteiger partial charge on any atom is 0.433 e. The molecule has 0 saturated heterocycles. The van der Waals surface area contributed by atoms with Gasteiger partial charge in [0.05, 0.1) is 5.52 Å². The van der Waals surface area contributed by atoms with Crippen molar-refractivity contribution < 1.29 is 18.0 Å². The van der Waals surface area contributed by atoms with Crippen molar-refractivity contribution in [3.8, 4) is 0 Å². The largest absolute Gasteiger partial charge is 0.433 e. The summed E-state index contributed by atoms with van der Waals surface area (Å²) in [7, 11) is 0. The Balaban J connectivity index is 1.51. The van der Waals surface area contributed by atoms with Crippen molar-refractivity contribution in [2.75, 3.05) is 5.32 Å². The molecule has 1 amide bonds. The smallest absolute Gasteiger partial charge is 0.382 e. The van der Waals surface area contributed by atoms with Crippen molar-refractivity contribution in [2.45, 2.75) is 43.9 Å². The van der Waals surface area contributed by atoms with Crippen LogP contribution in [-0.2, 0) is 11.0 Å². The maximum atomic E-state index is 13.4. The summed E-state index contributed by atoms with van der Waals surface area (Å²) in [6.45, 7) is 0. The van der Waals surface area contributed by atoms with E-state index in [4.69, 9.17) is 17.0 Å². The van der Waals surface area contributed by atoms with Crippen LogP contribution in [0.25, 0.3) is 10.9 Å². The quantitative estimate of drug-likeness (QED) is 0.408. The number of pyridine rings is 1. The number of anilines is 1. The van der Waals surface area contributed by atoms with Gasteiger partial charge in [0.2, 0.25) is 0 Å². The molecule has 1 saturated carbocycles. The van der Waals surface area contributed by atoms with Crippen molar-refractivity contribution in [3.63, 3.8) is 0 Å². The van der Waals surface area contributed by atoms with E-state index in [1.807, 2.05) is 6.07 Å². The molecule has 0 radical (unpaired) electrons. The third kappa shape index (κ3) is 5.45. The minimum atomic E-state index is -4.58. The number of hydrogen-bond acceptors (Lipinski definition) is 4. The Morgan fingerprint density at radius 1 is 1.06 bits per heavy atom. The molecular formula is C24H22ClF3N4O. The van der Waals surface area contributed by atoms with Crippen LogP contribution in [0.15, 0.2) is 54.6 Å². The molecule has 5 nitrogen and oxygen atoms in total. The summed E-state index contributed by atoms with van der Waals surface area (Å²) in [5, 5.41) is 15.2. The lowest BCUT2D eigenvalue weighted by Gasteiger charge is -2.31. The third-order valence-electron chi connectivity index (χ3n) is 5.72. The number of fused-ring (bicyclic) bond motifs is 1. The van der Waals surface area contributed by atoms with Gasteiger partial charge in [-0.1, -0.05) is 41.9 Å². The highest BCUT2D eigenvalue weighted by molar-refractivity contribution is 6.44. The van der Waals surface area contributed by atoms with Gasteiger partial charge in [-0.05, 0) is 49.9 Å². The summed E-state index contributed by atoms with van der Waals surface area (Å²) >= 11 is 6.08. The number of carbonyl (C=O) groups is 1. The van der Waals surface area contributed by atoms with Crippen molar-refractivity contribution in [2.24, 2.45) is 0 Å². The van der Waals surface area contributed by atoms with Crippen molar-refractivity contribution in [3.05, 3.63) is 70.9 Å². The molecule has 33 heavy (non-hydrogen) atoms. The van der Waals surface area contributed by atoms with Crippen molar-refractivity contribution in [1.29, 1.82) is 5.41 Å². The fourth-order valence-corrected chi connectivity index (χ4v) is 4.30. The molecule has 1 aliphatic carbocycles. The summed E-state index contributed by atoms with van der Waals surface area (Å²) in [5.41, 5.74) is -0.0510. The van der Waals surface area contributed by atoms with Crippen LogP contribution in [0.4, 0.5) is 18.9 Å². The highest BCUT2D eigenvalue weighted by Gasteiger charge is 2.34. The monoisotopic (exact) mass is 474 g/mol. The van der Waals surface area contributed by atoms with Gasteiger partial charge in [-0.2, -0.15) is 13.2 Å². The molecule has 4 rings (SSSR count). The van der Waals surface area contributed by atoms with Gasteiger partial charge in [-0.25, -0.2) is 4.98 Å². The molecule has 172 valence electrons. The molecule has 9 heteroatoms. The molecule has 2 atom stereocenters. The molecule has 0 unspecified atom stereocenters. The molecule has 1 aliphatic rings. The van der Waals surface area contributed by atoms with Crippen LogP contribution in [0.1, 0.15) is 36.9 Å². The van der Waals surface area contributed by atoms with Crippen LogP contribution in [0.5, 0.6) is 0 Å². The highest BCUT2D eigenvalue weighted by Crippen LogP contribution is 2.35. The Bertz CT molecular complexity index is 1180. The van der Waals surface area contributed by atoms with Crippen molar-refractivity contribution in [1.82, 2.24) is 10.3 Å². The number of hydrogen-bond donors (Lipinski definition) is 3. The minimum absolute atomic E-state index is 0.115. The maximum absolute atomic E-state index is 13.4. The SMILES string of the molecule is N=C(C(=O)N[C@@H]1CCC[C@H](Nc2cc(C(F)(F)F)nc3ccc(Cl)cc23)C1)c1ccccc1. The molecular weight excluding hydrogens is 453 g/mol. The van der Waals surface area contributed by atoms with E-state index in [-0.39, 0.29) is 23.3 Å². The van der Waals surface area contributed by atoms with E-state index >= 15 is 0 Å². The van der Waals surface area contributed by atoms with Gasteiger partial charge in [0.15, 0.2) is 0 Å². The Morgan fingerprint density at radius 2 is 1.79 bits per heavy atom. The van der Waals surface area contributed by atoms with E-state index in [9.17, 15) is 18.0 Å². The van der Waals surface area contributed by atoms with Gasteiger partial charge in [0.1, 0.15) is 11.4 Å². The molecule has 1 heterocycles. The number of rotatable bonds is 5. The van der Waals surface area contributed by atoms with E-state index in [0.717, 1.165) is 25.3 Å². The average molecular weight is 475 g/mol. The highest BCUT2D eigenvalue weighted by atomic mass is 35.5. The fourth-order valence-electron chi connectivity index (χ4n) is 4.13. The zero-order valence-electron chi connectivity index (χ0n) is 17.5. The number of carbonyl (C=O) groups excluding carboxylic acids is 1. The van der Waals surface area contributed by atoms with Crippen LogP contribution < -0.4 is 10.6 Å². The van der Waals surface area contributed by atoms with Crippen LogP contribution in [0, 0.1) is 5.41 Å². The zero-order valence-corrected chi connectivity index (χ0v) is 18.3. The number of nitrogens with zero attached hydrogens (tertiary/aromatic N) is 1. The predicted molar refractivity (Wildman–Crippen MR) is 123 cm³/mol. The molecule has 0 spiro atoms. The van der Waals surface area contributed by atoms with Gasteiger partial charge in [0, 0.05) is 33.7 Å². The second-order valence-electron chi connectivity index (χ2n) is 8.13. The van der Waals surface area contributed by atoms with E-state index in [0.29, 0.717) is 28.1 Å². The van der Waals surface area contributed by atoms with Gasteiger partial charge in [-0.3, -0.25) is 10.2 Å². The Labute approximate surface area is 193 Å². The van der Waals surface area contributed by atoms with E-state index in [2.05, 4.69) is 15.6 Å². The molecule has 0 bridgehead atoms. The average Bonchev–Trinajstić information content (AvgIpc) is 2.79. The number of nitrogens with one attached hydrogen (secondary N) is 3.